The van der Waals surface area contributed by atoms with E-state index in [4.69, 9.17) is 0 Å². The Morgan fingerprint density at radius 2 is 2.06 bits per heavy atom. The van der Waals surface area contributed by atoms with Crippen molar-refractivity contribution in [3.05, 3.63) is 0 Å². The summed E-state index contributed by atoms with van der Waals surface area (Å²) in [4.78, 5) is 4.47. The Kier molecular flexibility index (Phi) is 4.69. The Hall–Kier alpha value is -0.730. The normalized spacial score (nSPS) is 33.1. The van der Waals surface area contributed by atoms with Crippen LogP contribution in [0.3, 0.4) is 0 Å². The van der Waals surface area contributed by atoms with E-state index < -0.39 is 0 Å². The van der Waals surface area contributed by atoms with E-state index in [-0.39, 0.29) is 0 Å². The van der Waals surface area contributed by atoms with E-state index >= 15 is 0 Å². The van der Waals surface area contributed by atoms with Crippen molar-refractivity contribution in [2.24, 2.45) is 16.8 Å². The highest BCUT2D eigenvalue weighted by Gasteiger charge is 2.24. The molecule has 3 unspecified atom stereocenters. The van der Waals surface area contributed by atoms with E-state index in [1.54, 1.807) is 0 Å². The Balaban J connectivity index is 1.76. The second kappa shape index (κ2) is 6.27. The molecule has 0 aromatic heterocycles. The molecule has 2 N–H and O–H groups in total. The maximum absolute atomic E-state index is 4.47. The van der Waals surface area contributed by atoms with Crippen LogP contribution in [0, 0.1) is 11.8 Å². The zero-order valence-corrected chi connectivity index (χ0v) is 11.3. The fourth-order valence-electron chi connectivity index (χ4n) is 3.19. The summed E-state index contributed by atoms with van der Waals surface area (Å²) in [5.74, 6) is 2.84. The number of nitrogens with one attached hydrogen (secondary N) is 2. The van der Waals surface area contributed by atoms with Gasteiger partial charge in [-0.15, -0.1) is 0 Å². The summed E-state index contributed by atoms with van der Waals surface area (Å²) in [6.07, 6.45) is 8.44. The van der Waals surface area contributed by atoms with Gasteiger partial charge >= 0.3 is 0 Å². The lowest BCUT2D eigenvalue weighted by atomic mass is 9.77. The molecule has 1 aliphatic carbocycles. The monoisotopic (exact) mass is 237 g/mol. The van der Waals surface area contributed by atoms with Gasteiger partial charge in [-0.05, 0) is 25.2 Å². The number of guanidine groups is 1. The zero-order chi connectivity index (χ0) is 12.1. The number of hydrogen-bond acceptors (Lipinski definition) is 3. The third-order valence-corrected chi connectivity index (χ3v) is 4.16. The maximum atomic E-state index is 4.47. The molecule has 0 aromatic rings. The smallest absolute Gasteiger partial charge is 0.191 e. The summed E-state index contributed by atoms with van der Waals surface area (Å²) in [7, 11) is 0. The van der Waals surface area contributed by atoms with Crippen molar-refractivity contribution in [2.45, 2.75) is 58.4 Å². The molecule has 2 rings (SSSR count). The molecule has 3 nitrogen and oxygen atoms in total. The van der Waals surface area contributed by atoms with Gasteiger partial charge in [-0.1, -0.05) is 39.0 Å². The summed E-state index contributed by atoms with van der Waals surface area (Å²) in [6, 6.07) is 0.510. The number of aliphatic imine (C=N–C) groups is 1. The van der Waals surface area contributed by atoms with Gasteiger partial charge in [0.2, 0.25) is 0 Å². The summed E-state index contributed by atoms with van der Waals surface area (Å²) in [5, 5.41) is 6.89. The summed E-state index contributed by atoms with van der Waals surface area (Å²) in [5.41, 5.74) is 0. The molecule has 0 amide bonds. The minimum absolute atomic E-state index is 0.510. The first-order chi connectivity index (χ1) is 8.29. The molecule has 0 spiro atoms. The van der Waals surface area contributed by atoms with Gasteiger partial charge in [0.25, 0.3) is 0 Å². The topological polar surface area (TPSA) is 36.4 Å². The molecular weight excluding hydrogens is 210 g/mol. The van der Waals surface area contributed by atoms with Crippen LogP contribution in [0.25, 0.3) is 0 Å². The molecule has 2 aliphatic rings. The first kappa shape index (κ1) is 12.7. The van der Waals surface area contributed by atoms with Crippen molar-refractivity contribution in [2.75, 3.05) is 13.1 Å². The lowest BCUT2D eigenvalue weighted by Crippen LogP contribution is -2.41. The Labute approximate surface area is 105 Å². The van der Waals surface area contributed by atoms with Crippen LogP contribution < -0.4 is 10.6 Å². The highest BCUT2D eigenvalue weighted by Crippen LogP contribution is 2.32. The molecule has 1 saturated carbocycles. The molecule has 3 atom stereocenters. The Morgan fingerprint density at radius 1 is 1.29 bits per heavy atom. The van der Waals surface area contributed by atoms with Gasteiger partial charge in [0.1, 0.15) is 0 Å². The van der Waals surface area contributed by atoms with Gasteiger partial charge in [-0.3, -0.25) is 4.99 Å². The largest absolute Gasteiger partial charge is 0.356 e. The van der Waals surface area contributed by atoms with Crippen LogP contribution in [0.15, 0.2) is 4.99 Å². The van der Waals surface area contributed by atoms with Crippen LogP contribution in [-0.4, -0.2) is 25.1 Å². The highest BCUT2D eigenvalue weighted by molar-refractivity contribution is 5.81. The molecule has 1 heterocycles. The molecule has 1 fully saturated rings. The van der Waals surface area contributed by atoms with E-state index in [9.17, 15) is 0 Å². The first-order valence-electron chi connectivity index (χ1n) is 7.34. The van der Waals surface area contributed by atoms with Crippen molar-refractivity contribution in [1.82, 2.24) is 10.6 Å². The predicted molar refractivity (Wildman–Crippen MR) is 73.3 cm³/mol. The van der Waals surface area contributed by atoms with Gasteiger partial charge in [0.15, 0.2) is 5.96 Å². The predicted octanol–water partition coefficient (Wildman–Crippen LogP) is 2.53. The molecule has 0 aromatic carbocycles. The van der Waals surface area contributed by atoms with E-state index in [1.165, 1.54) is 38.5 Å². The van der Waals surface area contributed by atoms with Crippen LogP contribution in [0.5, 0.6) is 0 Å². The van der Waals surface area contributed by atoms with E-state index in [2.05, 4.69) is 29.5 Å². The average Bonchev–Trinajstić information content (AvgIpc) is 2.74. The number of nitrogens with zero attached hydrogens (tertiary/aromatic N) is 1. The number of hydrogen-bond donors (Lipinski definition) is 2. The minimum atomic E-state index is 0.510. The zero-order valence-electron chi connectivity index (χ0n) is 11.3. The molecule has 0 saturated heterocycles. The van der Waals surface area contributed by atoms with Gasteiger partial charge in [-0.2, -0.15) is 0 Å². The Morgan fingerprint density at radius 3 is 2.71 bits per heavy atom. The van der Waals surface area contributed by atoms with Gasteiger partial charge in [-0.25, -0.2) is 0 Å². The standard InChI is InChI=1S/C14H27N3/c1-3-6-12-7-4-5-8-13(12)10-16-14-15-9-11(2)17-14/h11-13H,3-10H2,1-2H3,(H2,15,16,17). The Bertz CT molecular complexity index is 260. The van der Waals surface area contributed by atoms with Crippen LogP contribution in [0.2, 0.25) is 0 Å². The van der Waals surface area contributed by atoms with Crippen LogP contribution in [0.4, 0.5) is 0 Å². The van der Waals surface area contributed by atoms with Crippen molar-refractivity contribution in [3.63, 3.8) is 0 Å². The lowest BCUT2D eigenvalue weighted by Gasteiger charge is -2.31. The van der Waals surface area contributed by atoms with Crippen molar-refractivity contribution in [3.8, 4) is 0 Å². The summed E-state index contributed by atoms with van der Waals surface area (Å²) >= 11 is 0. The summed E-state index contributed by atoms with van der Waals surface area (Å²) in [6.45, 7) is 6.52. The van der Waals surface area contributed by atoms with Gasteiger partial charge < -0.3 is 10.6 Å². The second-order valence-corrected chi connectivity index (χ2v) is 5.71. The third kappa shape index (κ3) is 3.62. The van der Waals surface area contributed by atoms with Crippen LogP contribution in [-0.2, 0) is 0 Å². The molecule has 1 aliphatic heterocycles. The van der Waals surface area contributed by atoms with Crippen LogP contribution in [0.1, 0.15) is 52.4 Å². The van der Waals surface area contributed by atoms with Crippen molar-refractivity contribution < 1.29 is 0 Å². The fourth-order valence-corrected chi connectivity index (χ4v) is 3.19. The molecular formula is C14H27N3. The molecule has 3 heteroatoms. The second-order valence-electron chi connectivity index (χ2n) is 5.71. The molecule has 0 bridgehead atoms. The maximum Gasteiger partial charge on any atom is 0.191 e. The van der Waals surface area contributed by atoms with Gasteiger partial charge in [0.05, 0.1) is 6.54 Å². The lowest BCUT2D eigenvalue weighted by molar-refractivity contribution is 0.223. The molecule has 0 radical (unpaired) electrons. The minimum Gasteiger partial charge on any atom is -0.356 e. The van der Waals surface area contributed by atoms with E-state index in [0.29, 0.717) is 6.04 Å². The van der Waals surface area contributed by atoms with Crippen molar-refractivity contribution >= 4 is 5.96 Å². The van der Waals surface area contributed by atoms with Gasteiger partial charge in [0, 0.05) is 12.6 Å². The van der Waals surface area contributed by atoms with Crippen molar-refractivity contribution in [1.29, 1.82) is 0 Å². The molecule has 17 heavy (non-hydrogen) atoms. The summed E-state index contributed by atoms with van der Waals surface area (Å²) < 4.78 is 0. The van der Waals surface area contributed by atoms with Crippen LogP contribution >= 0.6 is 0 Å². The molecule has 98 valence electrons. The van der Waals surface area contributed by atoms with E-state index in [1.807, 2.05) is 0 Å². The third-order valence-electron chi connectivity index (χ3n) is 4.16. The average molecular weight is 237 g/mol. The fraction of sp³-hybridized carbons (Fsp3) is 0.929. The highest BCUT2D eigenvalue weighted by atomic mass is 15.2. The first-order valence-corrected chi connectivity index (χ1v) is 7.34. The quantitative estimate of drug-likeness (QED) is 0.788. The number of rotatable bonds is 4. The SMILES string of the molecule is CCCC1CCCCC1CNC1=NCC(C)N1. The van der Waals surface area contributed by atoms with E-state index in [0.717, 1.165) is 30.9 Å².